The highest BCUT2D eigenvalue weighted by molar-refractivity contribution is 7.22. The molecule has 0 aliphatic heterocycles. The number of hydrogen-bond acceptors (Lipinski definition) is 7. The maximum atomic E-state index is 6.06. The molecule has 1 saturated carbocycles. The third-order valence-corrected chi connectivity index (χ3v) is 6.51. The molecule has 1 aromatic carbocycles. The van der Waals surface area contributed by atoms with E-state index in [4.69, 9.17) is 9.72 Å². The Kier molecular flexibility index (Phi) is 4.93. The topological polar surface area (TPSA) is 59.9 Å². The van der Waals surface area contributed by atoms with Gasteiger partial charge >= 0.3 is 0 Å². The summed E-state index contributed by atoms with van der Waals surface area (Å²) in [6, 6.07) is 8.56. The summed E-state index contributed by atoms with van der Waals surface area (Å²) < 4.78 is 7.18. The van der Waals surface area contributed by atoms with E-state index < -0.39 is 0 Å². The lowest BCUT2D eigenvalue weighted by atomic mass is 9.96. The lowest BCUT2D eigenvalue weighted by Crippen LogP contribution is -2.21. The third kappa shape index (κ3) is 3.86. The second kappa shape index (κ2) is 7.85. The molecule has 0 bridgehead atoms. The van der Waals surface area contributed by atoms with Crippen LogP contribution in [0.25, 0.3) is 21.5 Å². The van der Waals surface area contributed by atoms with E-state index in [9.17, 15) is 0 Å². The number of pyridine rings is 1. The molecule has 4 aromatic rings. The van der Waals surface area contributed by atoms with Crippen molar-refractivity contribution in [3.05, 3.63) is 47.5 Å². The van der Waals surface area contributed by atoms with Gasteiger partial charge in [0.15, 0.2) is 5.13 Å². The Hall–Kier alpha value is -2.51. The second-order valence-corrected chi connectivity index (χ2v) is 8.76. The third-order valence-electron chi connectivity index (χ3n) is 4.97. The van der Waals surface area contributed by atoms with Gasteiger partial charge in [0.1, 0.15) is 11.5 Å². The SMILES string of the molecule is c1nc(-c2cncc(Oc3ccc4nc(NC5CCCCC5)sc4c3)c2)cs1. The Morgan fingerprint density at radius 3 is 2.82 bits per heavy atom. The lowest BCUT2D eigenvalue weighted by molar-refractivity contribution is 0.462. The molecule has 0 unspecified atom stereocenters. The van der Waals surface area contributed by atoms with E-state index in [1.54, 1.807) is 35.1 Å². The van der Waals surface area contributed by atoms with Crippen LogP contribution >= 0.6 is 22.7 Å². The van der Waals surface area contributed by atoms with Crippen molar-refractivity contribution >= 4 is 38.0 Å². The van der Waals surface area contributed by atoms with Crippen LogP contribution in [0.2, 0.25) is 0 Å². The molecule has 0 atom stereocenters. The fraction of sp³-hybridized carbons (Fsp3) is 0.286. The zero-order chi connectivity index (χ0) is 18.8. The van der Waals surface area contributed by atoms with Crippen LogP contribution in [0.5, 0.6) is 11.5 Å². The molecule has 0 amide bonds. The summed E-state index contributed by atoms with van der Waals surface area (Å²) in [5.74, 6) is 1.49. The molecule has 28 heavy (non-hydrogen) atoms. The zero-order valence-corrected chi connectivity index (χ0v) is 16.9. The fourth-order valence-electron chi connectivity index (χ4n) is 3.56. The average molecular weight is 409 g/mol. The molecule has 1 N–H and O–H groups in total. The van der Waals surface area contributed by atoms with E-state index in [1.165, 1.54) is 32.1 Å². The van der Waals surface area contributed by atoms with Gasteiger partial charge in [0.2, 0.25) is 0 Å². The highest BCUT2D eigenvalue weighted by atomic mass is 32.1. The molecular formula is C21H20N4OS2. The van der Waals surface area contributed by atoms with Gasteiger partial charge in [0, 0.05) is 29.2 Å². The summed E-state index contributed by atoms with van der Waals surface area (Å²) in [7, 11) is 0. The Balaban J connectivity index is 1.34. The molecule has 1 aliphatic carbocycles. The Labute approximate surface area is 171 Å². The molecule has 0 spiro atoms. The van der Waals surface area contributed by atoms with Gasteiger partial charge in [-0.2, -0.15) is 0 Å². The number of nitrogens with one attached hydrogen (secondary N) is 1. The van der Waals surface area contributed by atoms with Crippen LogP contribution in [0.1, 0.15) is 32.1 Å². The van der Waals surface area contributed by atoms with E-state index in [0.717, 1.165) is 32.4 Å². The second-order valence-electron chi connectivity index (χ2n) is 7.01. The number of thiazole rings is 2. The van der Waals surface area contributed by atoms with Crippen molar-refractivity contribution in [1.82, 2.24) is 15.0 Å². The predicted molar refractivity (Wildman–Crippen MR) is 116 cm³/mol. The molecular weight excluding hydrogens is 388 g/mol. The van der Waals surface area contributed by atoms with Crippen molar-refractivity contribution in [3.63, 3.8) is 0 Å². The standard InChI is InChI=1S/C21H20N4OS2/c1-2-4-15(5-3-1)24-21-25-18-7-6-16(9-20(18)28-21)26-17-8-14(10-22-11-17)19-12-27-13-23-19/h6-13,15H,1-5H2,(H,24,25). The number of hydrogen-bond donors (Lipinski definition) is 1. The van der Waals surface area contributed by atoms with E-state index in [-0.39, 0.29) is 0 Å². The van der Waals surface area contributed by atoms with Gasteiger partial charge in [-0.3, -0.25) is 4.98 Å². The summed E-state index contributed by atoms with van der Waals surface area (Å²) >= 11 is 3.26. The summed E-state index contributed by atoms with van der Waals surface area (Å²) in [6.07, 6.45) is 10.00. The minimum absolute atomic E-state index is 0.560. The van der Waals surface area contributed by atoms with E-state index in [1.807, 2.05) is 29.1 Å². The number of rotatable bonds is 5. The molecule has 1 aliphatic rings. The fourth-order valence-corrected chi connectivity index (χ4v) is 5.09. The van der Waals surface area contributed by atoms with Crippen LogP contribution in [-0.4, -0.2) is 21.0 Å². The summed E-state index contributed by atoms with van der Waals surface area (Å²) in [5.41, 5.74) is 4.69. The van der Waals surface area contributed by atoms with E-state index >= 15 is 0 Å². The molecule has 5 rings (SSSR count). The Morgan fingerprint density at radius 2 is 1.96 bits per heavy atom. The van der Waals surface area contributed by atoms with Gasteiger partial charge in [-0.1, -0.05) is 30.6 Å². The predicted octanol–water partition coefficient (Wildman–Crippen LogP) is 6.35. The maximum Gasteiger partial charge on any atom is 0.184 e. The van der Waals surface area contributed by atoms with Gasteiger partial charge in [0.05, 0.1) is 27.6 Å². The van der Waals surface area contributed by atoms with Crippen molar-refractivity contribution in [3.8, 4) is 22.8 Å². The van der Waals surface area contributed by atoms with Gasteiger partial charge in [-0.15, -0.1) is 11.3 Å². The summed E-state index contributed by atoms with van der Waals surface area (Å²) in [5, 5.41) is 6.62. The number of nitrogens with zero attached hydrogens (tertiary/aromatic N) is 3. The van der Waals surface area contributed by atoms with Gasteiger partial charge in [0.25, 0.3) is 0 Å². The van der Waals surface area contributed by atoms with Crippen LogP contribution in [-0.2, 0) is 0 Å². The molecule has 142 valence electrons. The Bertz CT molecular complexity index is 1070. The van der Waals surface area contributed by atoms with E-state index in [0.29, 0.717) is 11.8 Å². The normalized spacial score (nSPS) is 15.0. The van der Waals surface area contributed by atoms with Crippen molar-refractivity contribution < 1.29 is 4.74 Å². The van der Waals surface area contributed by atoms with Crippen LogP contribution < -0.4 is 10.1 Å². The van der Waals surface area contributed by atoms with E-state index in [2.05, 4.69) is 21.4 Å². The zero-order valence-electron chi connectivity index (χ0n) is 15.3. The van der Waals surface area contributed by atoms with Crippen LogP contribution in [0, 0.1) is 0 Å². The average Bonchev–Trinajstić information content (AvgIpc) is 3.38. The molecule has 3 heterocycles. The van der Waals surface area contributed by atoms with Gasteiger partial charge in [-0.25, -0.2) is 9.97 Å². The van der Waals surface area contributed by atoms with Gasteiger partial charge in [-0.05, 0) is 31.0 Å². The first-order valence-electron chi connectivity index (χ1n) is 9.52. The Morgan fingerprint density at radius 1 is 1.04 bits per heavy atom. The monoisotopic (exact) mass is 408 g/mol. The molecule has 3 aromatic heterocycles. The molecule has 7 heteroatoms. The van der Waals surface area contributed by atoms with Crippen LogP contribution in [0.15, 0.2) is 47.5 Å². The van der Waals surface area contributed by atoms with Gasteiger partial charge < -0.3 is 10.1 Å². The summed E-state index contributed by atoms with van der Waals surface area (Å²) in [4.78, 5) is 13.4. The number of aromatic nitrogens is 3. The smallest absolute Gasteiger partial charge is 0.184 e. The quantitative estimate of drug-likeness (QED) is 0.417. The van der Waals surface area contributed by atoms with Crippen LogP contribution in [0.4, 0.5) is 5.13 Å². The number of fused-ring (bicyclic) bond motifs is 1. The largest absolute Gasteiger partial charge is 0.456 e. The molecule has 5 nitrogen and oxygen atoms in total. The van der Waals surface area contributed by atoms with Crippen molar-refractivity contribution in [2.24, 2.45) is 0 Å². The minimum atomic E-state index is 0.560. The van der Waals surface area contributed by atoms with Crippen molar-refractivity contribution in [1.29, 1.82) is 0 Å². The first-order valence-corrected chi connectivity index (χ1v) is 11.3. The minimum Gasteiger partial charge on any atom is -0.456 e. The highest BCUT2D eigenvalue weighted by Gasteiger charge is 2.15. The molecule has 1 fully saturated rings. The van der Waals surface area contributed by atoms with Crippen molar-refractivity contribution in [2.45, 2.75) is 38.1 Å². The first kappa shape index (κ1) is 17.6. The molecule has 0 saturated heterocycles. The lowest BCUT2D eigenvalue weighted by Gasteiger charge is -2.22. The van der Waals surface area contributed by atoms with Crippen molar-refractivity contribution in [2.75, 3.05) is 5.32 Å². The summed E-state index contributed by atoms with van der Waals surface area (Å²) in [6.45, 7) is 0. The highest BCUT2D eigenvalue weighted by Crippen LogP contribution is 2.33. The number of anilines is 1. The van der Waals surface area contributed by atoms with Crippen LogP contribution in [0.3, 0.4) is 0 Å². The first-order chi connectivity index (χ1) is 13.8. The number of ether oxygens (including phenoxy) is 1. The molecule has 0 radical (unpaired) electrons. The number of benzene rings is 1. The maximum absolute atomic E-state index is 6.06.